The van der Waals surface area contributed by atoms with Gasteiger partial charge in [-0.15, -0.1) is 0 Å². The predicted octanol–water partition coefficient (Wildman–Crippen LogP) is 4.46. The monoisotopic (exact) mass is 561 g/mol. The van der Waals surface area contributed by atoms with Gasteiger partial charge >= 0.3 is 0 Å². The van der Waals surface area contributed by atoms with Gasteiger partial charge in [0, 0.05) is 36.3 Å². The molecular weight excluding hydrogens is 526 g/mol. The summed E-state index contributed by atoms with van der Waals surface area (Å²) in [6, 6.07) is 7.80. The van der Waals surface area contributed by atoms with Crippen LogP contribution in [0.5, 0.6) is 5.88 Å². The Labute approximate surface area is 235 Å². The molecule has 4 heterocycles. The summed E-state index contributed by atoms with van der Waals surface area (Å²) >= 11 is 0. The number of likely N-dealkylation sites (tertiary alicyclic amines) is 1. The molecular formula is C30H35N5O4S. The van der Waals surface area contributed by atoms with Crippen LogP contribution in [0.1, 0.15) is 56.9 Å². The number of fused-ring (bicyclic) bond motifs is 4. The highest BCUT2D eigenvalue weighted by Crippen LogP contribution is 2.58. The molecule has 4 aliphatic rings. The van der Waals surface area contributed by atoms with Crippen molar-refractivity contribution in [3.63, 3.8) is 0 Å². The average molecular weight is 562 g/mol. The highest BCUT2D eigenvalue weighted by Gasteiger charge is 2.59. The Morgan fingerprint density at radius 2 is 1.85 bits per heavy atom. The molecule has 0 unspecified atom stereocenters. The smallest absolute Gasteiger partial charge is 0.238 e. The fraction of sp³-hybridized carbons (Fsp3) is 0.500. The van der Waals surface area contributed by atoms with Crippen molar-refractivity contribution in [3.05, 3.63) is 42.2 Å². The van der Waals surface area contributed by atoms with Gasteiger partial charge in [0.05, 0.1) is 34.7 Å². The van der Waals surface area contributed by atoms with E-state index < -0.39 is 15.4 Å². The van der Waals surface area contributed by atoms with Crippen molar-refractivity contribution in [3.8, 4) is 17.0 Å². The number of hydrogen-bond donors (Lipinski definition) is 1. The molecule has 1 N–H and O–H groups in total. The van der Waals surface area contributed by atoms with Gasteiger partial charge in [-0.3, -0.25) is 14.5 Å². The molecule has 1 spiro atoms. The maximum Gasteiger partial charge on any atom is 0.238 e. The van der Waals surface area contributed by atoms with Gasteiger partial charge in [0.1, 0.15) is 5.69 Å². The van der Waals surface area contributed by atoms with Crippen molar-refractivity contribution < 1.29 is 17.9 Å². The molecule has 3 fully saturated rings. The number of ether oxygens (including phenoxy) is 1. The molecule has 2 saturated carbocycles. The Hall–Kier alpha value is -3.24. The van der Waals surface area contributed by atoms with E-state index in [1.165, 1.54) is 19.3 Å². The lowest BCUT2D eigenvalue weighted by atomic mass is 9.92. The van der Waals surface area contributed by atoms with Crippen LogP contribution in [-0.2, 0) is 20.2 Å². The summed E-state index contributed by atoms with van der Waals surface area (Å²) in [6.07, 6.45) is 11.2. The van der Waals surface area contributed by atoms with E-state index in [4.69, 9.17) is 4.74 Å². The van der Waals surface area contributed by atoms with E-state index >= 15 is 0 Å². The Morgan fingerprint density at radius 3 is 2.60 bits per heavy atom. The first kappa shape index (κ1) is 25.7. The van der Waals surface area contributed by atoms with Crippen molar-refractivity contribution in [1.82, 2.24) is 14.9 Å². The van der Waals surface area contributed by atoms with Crippen LogP contribution >= 0.6 is 0 Å². The summed E-state index contributed by atoms with van der Waals surface area (Å²) in [7, 11) is -1.68. The Morgan fingerprint density at radius 1 is 1.05 bits per heavy atom. The number of amides is 1. The van der Waals surface area contributed by atoms with Gasteiger partial charge in [-0.2, -0.15) is 0 Å². The van der Waals surface area contributed by atoms with Gasteiger partial charge in [0.25, 0.3) is 0 Å². The van der Waals surface area contributed by atoms with Crippen LogP contribution in [0.3, 0.4) is 0 Å². The molecule has 7 rings (SSSR count). The highest BCUT2D eigenvalue weighted by molar-refractivity contribution is 7.93. The number of carbonyl (C=O) groups excluding carboxylic acids is 1. The van der Waals surface area contributed by atoms with Crippen molar-refractivity contribution >= 4 is 38.2 Å². The number of aromatic nitrogens is 2. The lowest BCUT2D eigenvalue weighted by Gasteiger charge is -2.26. The van der Waals surface area contributed by atoms with Crippen LogP contribution < -0.4 is 14.4 Å². The van der Waals surface area contributed by atoms with Crippen LogP contribution in [-0.4, -0.2) is 67.7 Å². The zero-order valence-corrected chi connectivity index (χ0v) is 23.7. The Bertz CT molecular complexity index is 1590. The van der Waals surface area contributed by atoms with Gasteiger partial charge in [-0.1, -0.05) is 12.5 Å². The van der Waals surface area contributed by atoms with Crippen molar-refractivity contribution in [1.29, 1.82) is 0 Å². The first-order valence-electron chi connectivity index (χ1n) is 14.4. The summed E-state index contributed by atoms with van der Waals surface area (Å²) in [4.78, 5) is 26.4. The van der Waals surface area contributed by atoms with E-state index in [1.54, 1.807) is 17.3 Å². The van der Waals surface area contributed by atoms with E-state index in [0.29, 0.717) is 31.0 Å². The standard InChI is InChI=1S/C30H35N5O4S/c1-34-26-19-31-24-9-6-20(16-23(24)27(26)30(10-11-30)29(34)36)21-17-25(33-40(37,38)22-7-8-22)28(32-18-21)39-15-5-14-35-12-3-2-4-13-35/h6,9,16-19,22,33H,2-5,7-8,10-15H2,1H3. The van der Waals surface area contributed by atoms with Gasteiger partial charge in [0.15, 0.2) is 0 Å². The molecule has 2 aromatic heterocycles. The van der Waals surface area contributed by atoms with Crippen LogP contribution in [0.4, 0.5) is 11.4 Å². The maximum atomic E-state index is 13.0. The van der Waals surface area contributed by atoms with E-state index in [-0.39, 0.29) is 11.2 Å². The zero-order valence-electron chi connectivity index (χ0n) is 22.9. The second-order valence-corrected chi connectivity index (χ2v) is 13.7. The van der Waals surface area contributed by atoms with E-state index in [1.807, 2.05) is 25.2 Å². The third-order valence-corrected chi connectivity index (χ3v) is 10.7. The molecule has 40 heavy (non-hydrogen) atoms. The minimum Gasteiger partial charge on any atom is -0.476 e. The molecule has 10 heteroatoms. The molecule has 3 aromatic rings. The second-order valence-electron chi connectivity index (χ2n) is 11.7. The Balaban J connectivity index is 1.19. The lowest BCUT2D eigenvalue weighted by Crippen LogP contribution is -2.31. The number of nitrogens with zero attached hydrogens (tertiary/aromatic N) is 4. The number of benzene rings is 1. The van der Waals surface area contributed by atoms with Crippen LogP contribution in [0, 0.1) is 0 Å². The normalized spacial score (nSPS) is 20.2. The molecule has 0 atom stereocenters. The SMILES string of the molecule is CN1C(=O)C2(CC2)c2c1cnc1ccc(-c3cnc(OCCCN4CCCCC4)c(NS(=O)(=O)C4CC4)c3)cc21. The first-order chi connectivity index (χ1) is 19.4. The third-order valence-electron chi connectivity index (χ3n) is 8.86. The van der Waals surface area contributed by atoms with E-state index in [0.717, 1.165) is 72.2 Å². The van der Waals surface area contributed by atoms with Crippen LogP contribution in [0.15, 0.2) is 36.7 Å². The Kier molecular flexibility index (Phi) is 6.23. The molecule has 1 aromatic carbocycles. The van der Waals surface area contributed by atoms with Crippen LogP contribution in [0.25, 0.3) is 22.0 Å². The summed E-state index contributed by atoms with van der Waals surface area (Å²) < 4.78 is 34.6. The highest BCUT2D eigenvalue weighted by atomic mass is 32.2. The van der Waals surface area contributed by atoms with E-state index in [2.05, 4.69) is 25.7 Å². The van der Waals surface area contributed by atoms with Crippen LogP contribution in [0.2, 0.25) is 0 Å². The minimum atomic E-state index is -3.50. The molecule has 2 aliphatic heterocycles. The molecule has 0 bridgehead atoms. The summed E-state index contributed by atoms with van der Waals surface area (Å²) in [5, 5.41) is 0.602. The first-order valence-corrected chi connectivity index (χ1v) is 16.0. The average Bonchev–Trinajstić information content (AvgIpc) is 3.89. The topological polar surface area (TPSA) is 105 Å². The quantitative estimate of drug-likeness (QED) is 0.385. The molecule has 9 nitrogen and oxygen atoms in total. The van der Waals surface area contributed by atoms with Crippen molar-refractivity contribution in [2.75, 3.05) is 42.9 Å². The zero-order chi connectivity index (χ0) is 27.5. The van der Waals surface area contributed by atoms with Gasteiger partial charge in [-0.05, 0) is 81.8 Å². The number of pyridine rings is 2. The summed E-state index contributed by atoms with van der Waals surface area (Å²) in [5.41, 5.74) is 4.37. The molecule has 2 aliphatic carbocycles. The molecule has 0 radical (unpaired) electrons. The summed E-state index contributed by atoms with van der Waals surface area (Å²) in [5.74, 6) is 0.446. The number of piperidine rings is 1. The minimum absolute atomic E-state index is 0.141. The van der Waals surface area contributed by atoms with E-state index in [9.17, 15) is 13.2 Å². The second kappa shape index (κ2) is 9.69. The molecule has 1 amide bonds. The molecule has 1 saturated heterocycles. The summed E-state index contributed by atoms with van der Waals surface area (Å²) in [6.45, 7) is 3.71. The maximum absolute atomic E-state index is 13.0. The van der Waals surface area contributed by atoms with Gasteiger partial charge in [-0.25, -0.2) is 13.4 Å². The fourth-order valence-corrected chi connectivity index (χ4v) is 7.67. The number of hydrogen-bond acceptors (Lipinski definition) is 7. The molecule has 210 valence electrons. The van der Waals surface area contributed by atoms with Gasteiger partial charge < -0.3 is 14.5 Å². The van der Waals surface area contributed by atoms with Gasteiger partial charge in [0.2, 0.25) is 21.8 Å². The third kappa shape index (κ3) is 4.51. The fourth-order valence-electron chi connectivity index (χ4n) is 6.30. The number of likely N-dealkylation sites (N-methyl/N-ethyl adjacent to an activating group) is 1. The number of nitrogens with one attached hydrogen (secondary N) is 1. The number of anilines is 2. The lowest BCUT2D eigenvalue weighted by molar-refractivity contribution is -0.119. The van der Waals surface area contributed by atoms with Crippen molar-refractivity contribution in [2.24, 2.45) is 0 Å². The predicted molar refractivity (Wildman–Crippen MR) is 155 cm³/mol. The van der Waals surface area contributed by atoms with Crippen molar-refractivity contribution in [2.45, 2.75) is 62.0 Å². The largest absolute Gasteiger partial charge is 0.476 e. The number of sulfonamides is 1. The number of rotatable bonds is 9. The number of carbonyl (C=O) groups is 1.